The second-order valence-corrected chi connectivity index (χ2v) is 5.18. The second kappa shape index (κ2) is 5.82. The lowest BCUT2D eigenvalue weighted by Gasteiger charge is -2.23. The molecule has 3 nitrogen and oxygen atoms in total. The van der Waals surface area contributed by atoms with Crippen molar-refractivity contribution in [2.75, 3.05) is 6.54 Å². The van der Waals surface area contributed by atoms with E-state index >= 15 is 0 Å². The number of rotatable bonds is 6. The van der Waals surface area contributed by atoms with E-state index in [1.165, 1.54) is 5.56 Å². The van der Waals surface area contributed by atoms with Crippen LogP contribution in [0.4, 0.5) is 0 Å². The molecule has 0 aliphatic heterocycles. The van der Waals surface area contributed by atoms with Crippen LogP contribution < -0.4 is 11.1 Å². The molecule has 0 heterocycles. The van der Waals surface area contributed by atoms with Gasteiger partial charge in [0.05, 0.1) is 0 Å². The van der Waals surface area contributed by atoms with E-state index in [4.69, 9.17) is 5.73 Å². The lowest BCUT2D eigenvalue weighted by atomic mass is 9.90. The van der Waals surface area contributed by atoms with Crippen molar-refractivity contribution in [3.63, 3.8) is 0 Å². The molecular formula is C14H22N2O. The zero-order chi connectivity index (χ0) is 12.9. The summed E-state index contributed by atoms with van der Waals surface area (Å²) in [5.41, 5.74) is 7.24. The molecule has 0 saturated heterocycles. The van der Waals surface area contributed by atoms with Crippen molar-refractivity contribution in [1.29, 1.82) is 0 Å². The Morgan fingerprint density at radius 2 is 1.88 bits per heavy atom. The molecule has 17 heavy (non-hydrogen) atoms. The van der Waals surface area contributed by atoms with Crippen molar-refractivity contribution < 1.29 is 4.79 Å². The van der Waals surface area contributed by atoms with Gasteiger partial charge in [0.1, 0.15) is 0 Å². The van der Waals surface area contributed by atoms with E-state index in [0.29, 0.717) is 11.0 Å². The number of nitrogens with two attached hydrogens (primary N) is 1. The number of nitrogens with one attached hydrogen (secondary N) is 1. The van der Waals surface area contributed by atoms with Gasteiger partial charge < -0.3 is 11.1 Å². The van der Waals surface area contributed by atoms with Crippen LogP contribution in [-0.4, -0.2) is 12.5 Å². The van der Waals surface area contributed by atoms with Crippen molar-refractivity contribution in [2.24, 2.45) is 11.1 Å². The van der Waals surface area contributed by atoms with Crippen molar-refractivity contribution in [1.82, 2.24) is 5.32 Å². The first-order valence-electron chi connectivity index (χ1n) is 6.04. The summed E-state index contributed by atoms with van der Waals surface area (Å²) in [6.07, 6.45) is 1.15. The summed E-state index contributed by atoms with van der Waals surface area (Å²) in [4.78, 5) is 10.9. The molecular weight excluding hydrogens is 212 g/mol. The first-order valence-corrected chi connectivity index (χ1v) is 6.04. The third-order valence-corrected chi connectivity index (χ3v) is 3.13. The van der Waals surface area contributed by atoms with Crippen LogP contribution in [0.1, 0.15) is 43.1 Å². The minimum Gasteiger partial charge on any atom is -0.366 e. The number of carbonyl (C=O) groups excluding carboxylic acids is 1. The molecule has 0 spiro atoms. The average Bonchev–Trinajstić information content (AvgIpc) is 2.29. The Morgan fingerprint density at radius 3 is 2.35 bits per heavy atom. The van der Waals surface area contributed by atoms with E-state index < -0.39 is 0 Å². The van der Waals surface area contributed by atoms with Gasteiger partial charge in [-0.3, -0.25) is 4.79 Å². The molecule has 1 aromatic carbocycles. The number of hydrogen-bond acceptors (Lipinski definition) is 2. The number of benzene rings is 1. The summed E-state index contributed by atoms with van der Waals surface area (Å²) >= 11 is 0. The molecule has 0 aromatic heterocycles. The highest BCUT2D eigenvalue weighted by molar-refractivity contribution is 5.92. The normalized spacial score (nSPS) is 11.5. The topological polar surface area (TPSA) is 55.1 Å². The predicted molar refractivity (Wildman–Crippen MR) is 70.7 cm³/mol. The highest BCUT2D eigenvalue weighted by atomic mass is 16.1. The lowest BCUT2D eigenvalue weighted by molar-refractivity contribution is 0.100. The van der Waals surface area contributed by atoms with Crippen LogP contribution >= 0.6 is 0 Å². The fraction of sp³-hybridized carbons (Fsp3) is 0.500. The van der Waals surface area contributed by atoms with Crippen molar-refractivity contribution in [2.45, 2.75) is 33.7 Å². The number of hydrogen-bond donors (Lipinski definition) is 2. The minimum absolute atomic E-state index is 0.327. The lowest BCUT2D eigenvalue weighted by Crippen LogP contribution is -2.28. The van der Waals surface area contributed by atoms with Gasteiger partial charge >= 0.3 is 0 Å². The molecule has 0 bridgehead atoms. The van der Waals surface area contributed by atoms with Gasteiger partial charge in [-0.15, -0.1) is 0 Å². The summed E-state index contributed by atoms with van der Waals surface area (Å²) in [6.45, 7) is 8.50. The van der Waals surface area contributed by atoms with Gasteiger partial charge in [-0.25, -0.2) is 0 Å². The van der Waals surface area contributed by atoms with E-state index in [-0.39, 0.29) is 5.91 Å². The van der Waals surface area contributed by atoms with Crippen LogP contribution in [-0.2, 0) is 6.54 Å². The van der Waals surface area contributed by atoms with Crippen molar-refractivity contribution in [3.8, 4) is 0 Å². The number of amides is 1. The highest BCUT2D eigenvalue weighted by Gasteiger charge is 2.13. The quantitative estimate of drug-likeness (QED) is 0.793. The van der Waals surface area contributed by atoms with Gasteiger partial charge in [0, 0.05) is 18.7 Å². The van der Waals surface area contributed by atoms with E-state index in [0.717, 1.165) is 19.5 Å². The first-order chi connectivity index (χ1) is 7.94. The smallest absolute Gasteiger partial charge is 0.248 e. The van der Waals surface area contributed by atoms with Gasteiger partial charge in [0.2, 0.25) is 5.91 Å². The maximum absolute atomic E-state index is 10.9. The Bertz CT molecular complexity index is 368. The Morgan fingerprint density at radius 1 is 1.29 bits per heavy atom. The summed E-state index contributed by atoms with van der Waals surface area (Å²) in [6, 6.07) is 7.41. The molecule has 94 valence electrons. The fourth-order valence-electron chi connectivity index (χ4n) is 1.46. The Labute approximate surface area is 103 Å². The molecule has 1 aromatic rings. The van der Waals surface area contributed by atoms with Gasteiger partial charge in [-0.1, -0.05) is 32.9 Å². The molecule has 0 fully saturated rings. The zero-order valence-corrected chi connectivity index (χ0v) is 10.9. The van der Waals surface area contributed by atoms with E-state index in [1.807, 2.05) is 12.1 Å². The Balaban J connectivity index is 2.45. The molecule has 0 aliphatic carbocycles. The summed E-state index contributed by atoms with van der Waals surface area (Å²) in [7, 11) is 0. The monoisotopic (exact) mass is 234 g/mol. The van der Waals surface area contributed by atoms with Crippen LogP contribution in [0.2, 0.25) is 0 Å². The maximum atomic E-state index is 10.9. The third-order valence-electron chi connectivity index (χ3n) is 3.13. The van der Waals surface area contributed by atoms with E-state index in [1.54, 1.807) is 12.1 Å². The fourth-order valence-corrected chi connectivity index (χ4v) is 1.46. The molecule has 0 unspecified atom stereocenters. The minimum atomic E-state index is -0.378. The highest BCUT2D eigenvalue weighted by Crippen LogP contribution is 2.17. The van der Waals surface area contributed by atoms with Crippen LogP contribution in [0.25, 0.3) is 0 Å². The number of carbonyl (C=O) groups is 1. The second-order valence-electron chi connectivity index (χ2n) is 5.18. The third kappa shape index (κ3) is 4.57. The van der Waals surface area contributed by atoms with Crippen LogP contribution in [0.5, 0.6) is 0 Å². The average molecular weight is 234 g/mol. The van der Waals surface area contributed by atoms with Gasteiger partial charge in [0.15, 0.2) is 0 Å². The molecule has 0 saturated carbocycles. The molecule has 3 N–H and O–H groups in total. The zero-order valence-electron chi connectivity index (χ0n) is 10.9. The van der Waals surface area contributed by atoms with Gasteiger partial charge in [-0.2, -0.15) is 0 Å². The van der Waals surface area contributed by atoms with E-state index in [9.17, 15) is 4.79 Å². The standard InChI is InChI=1S/C14H22N2O/c1-4-14(2,3)10-16-9-11-5-7-12(8-6-11)13(15)17/h5-8,16H,4,9-10H2,1-3H3,(H2,15,17). The molecule has 3 heteroatoms. The maximum Gasteiger partial charge on any atom is 0.248 e. The van der Waals surface area contributed by atoms with Crippen LogP contribution in [0.15, 0.2) is 24.3 Å². The van der Waals surface area contributed by atoms with Crippen molar-refractivity contribution >= 4 is 5.91 Å². The molecule has 0 radical (unpaired) electrons. The largest absolute Gasteiger partial charge is 0.366 e. The molecule has 1 rings (SSSR count). The first kappa shape index (κ1) is 13.7. The van der Waals surface area contributed by atoms with Crippen LogP contribution in [0, 0.1) is 5.41 Å². The van der Waals surface area contributed by atoms with Crippen molar-refractivity contribution in [3.05, 3.63) is 35.4 Å². The Kier molecular flexibility index (Phi) is 4.70. The number of primary amides is 1. The van der Waals surface area contributed by atoms with E-state index in [2.05, 4.69) is 26.1 Å². The Hall–Kier alpha value is -1.35. The summed E-state index contributed by atoms with van der Waals surface area (Å²) < 4.78 is 0. The molecule has 1 amide bonds. The molecule has 0 atom stereocenters. The SMILES string of the molecule is CCC(C)(C)CNCc1ccc(C(N)=O)cc1. The summed E-state index contributed by atoms with van der Waals surface area (Å²) in [5, 5.41) is 3.43. The van der Waals surface area contributed by atoms with Crippen LogP contribution in [0.3, 0.4) is 0 Å². The molecule has 0 aliphatic rings. The predicted octanol–water partition coefficient (Wildman–Crippen LogP) is 2.31. The van der Waals surface area contributed by atoms with Gasteiger partial charge in [-0.05, 0) is 29.5 Å². The summed E-state index contributed by atoms with van der Waals surface area (Å²) in [5.74, 6) is -0.378. The van der Waals surface area contributed by atoms with Gasteiger partial charge in [0.25, 0.3) is 0 Å².